The Morgan fingerprint density at radius 1 is 1.55 bits per heavy atom. The molecule has 1 atom stereocenters. The van der Waals surface area contributed by atoms with Gasteiger partial charge in [-0.1, -0.05) is 0 Å². The fraction of sp³-hybridized carbons (Fsp3) is 1.00. The van der Waals surface area contributed by atoms with Gasteiger partial charge in [-0.15, -0.1) is 0 Å². The number of methoxy groups -OCH3 is 1. The fourth-order valence-corrected chi connectivity index (χ4v) is 3.36. The van der Waals surface area contributed by atoms with Gasteiger partial charge in [0.25, 0.3) is 0 Å². The first-order chi connectivity index (χ1) is 5.43. The average Bonchev–Trinajstić information content (AvgIpc) is 2.07. The lowest BCUT2D eigenvalue weighted by atomic mass is 10.8. The van der Waals surface area contributed by atoms with Gasteiger partial charge in [-0.2, -0.15) is 13.9 Å². The van der Waals surface area contributed by atoms with E-state index >= 15 is 0 Å². The van der Waals surface area contributed by atoms with E-state index < -0.39 is 8.45 Å². The van der Waals surface area contributed by atoms with Gasteiger partial charge in [-0.05, 0) is 0 Å². The topological polar surface area (TPSA) is 55.2 Å². The molecule has 0 spiro atoms. The standard InChI is InChI=1S/C3H8N3O2P3/c1-7-2-3-8-11-5-9-4-10-6-11/h2-3H2,1H3,(H,4,5,6). The number of ether oxygens (including phenoxy) is 1. The summed E-state index contributed by atoms with van der Waals surface area (Å²) >= 11 is 0. The summed E-state index contributed by atoms with van der Waals surface area (Å²) in [6.07, 6.45) is 0. The minimum Gasteiger partial charge on any atom is -0.382 e. The molecule has 1 heterocycles. The number of rotatable bonds is 4. The molecular weight excluding hydrogens is 203 g/mol. The first-order valence-electron chi connectivity index (χ1n) is 2.92. The van der Waals surface area contributed by atoms with Gasteiger partial charge in [-0.25, -0.2) is 0 Å². The molecule has 1 aliphatic heterocycles. The van der Waals surface area contributed by atoms with Crippen molar-refractivity contribution in [2.75, 3.05) is 20.3 Å². The second-order valence-corrected chi connectivity index (χ2v) is 4.98. The van der Waals surface area contributed by atoms with Crippen molar-refractivity contribution in [2.45, 2.75) is 0 Å². The molecule has 0 aromatic heterocycles. The van der Waals surface area contributed by atoms with Gasteiger partial charge < -0.3 is 9.26 Å². The summed E-state index contributed by atoms with van der Waals surface area (Å²) in [6, 6.07) is 0. The molecule has 8 heteroatoms. The molecule has 0 aromatic rings. The van der Waals surface area contributed by atoms with Crippen LogP contribution in [-0.4, -0.2) is 20.3 Å². The molecule has 1 rings (SSSR count). The highest BCUT2D eigenvalue weighted by molar-refractivity contribution is 7.63. The maximum Gasteiger partial charge on any atom is 0.250 e. The lowest BCUT2D eigenvalue weighted by Gasteiger charge is -2.10. The van der Waals surface area contributed by atoms with E-state index in [1.54, 1.807) is 7.11 Å². The van der Waals surface area contributed by atoms with Crippen LogP contribution in [0.5, 0.6) is 0 Å². The number of hydrogen-bond donors (Lipinski definition) is 1. The Hall–Kier alpha value is 0.510. The number of hydrogen-bond acceptors (Lipinski definition) is 5. The summed E-state index contributed by atoms with van der Waals surface area (Å²) in [5.74, 6) is 0. The van der Waals surface area contributed by atoms with Crippen LogP contribution in [0.2, 0.25) is 0 Å². The summed E-state index contributed by atoms with van der Waals surface area (Å²) < 4.78 is 18.1. The zero-order valence-electron chi connectivity index (χ0n) is 5.97. The third kappa shape index (κ3) is 4.17. The van der Waals surface area contributed by atoms with Gasteiger partial charge in [0.2, 0.25) is 8.45 Å². The van der Waals surface area contributed by atoms with Crippen LogP contribution < -0.4 is 4.86 Å². The molecule has 1 unspecified atom stereocenters. The second kappa shape index (κ2) is 6.07. The van der Waals surface area contributed by atoms with Crippen LogP contribution in [0.15, 0.2) is 9.03 Å². The smallest absolute Gasteiger partial charge is 0.250 e. The normalized spacial score (nSPS) is 25.4. The molecule has 0 saturated heterocycles. The van der Waals surface area contributed by atoms with Gasteiger partial charge >= 0.3 is 0 Å². The van der Waals surface area contributed by atoms with Gasteiger partial charge in [0.15, 0.2) is 8.52 Å². The molecule has 1 aliphatic rings. The monoisotopic (exact) mass is 211 g/mol. The minimum absolute atomic E-state index is 0.587. The van der Waals surface area contributed by atoms with E-state index in [4.69, 9.17) is 9.26 Å². The van der Waals surface area contributed by atoms with Crippen LogP contribution in [0, 0.1) is 0 Å². The Bertz CT molecular complexity index is 164. The Kier molecular flexibility index (Phi) is 5.30. The molecule has 0 aromatic carbocycles. The third-order valence-corrected chi connectivity index (χ3v) is 3.95. The van der Waals surface area contributed by atoms with E-state index in [-0.39, 0.29) is 0 Å². The molecule has 0 fully saturated rings. The van der Waals surface area contributed by atoms with Gasteiger partial charge in [0.05, 0.1) is 13.2 Å². The van der Waals surface area contributed by atoms with Gasteiger partial charge in [0, 0.05) is 7.11 Å². The summed E-state index contributed by atoms with van der Waals surface area (Å²) in [6.45, 7) is 1.20. The molecule has 0 saturated carbocycles. The summed E-state index contributed by atoms with van der Waals surface area (Å²) in [7, 11) is 2.46. The maximum atomic E-state index is 5.31. The summed E-state index contributed by atoms with van der Waals surface area (Å²) in [5, 5.41) is 0. The highest BCUT2D eigenvalue weighted by Gasteiger charge is 2.07. The van der Waals surface area contributed by atoms with Crippen LogP contribution in [-0.2, 0) is 9.26 Å². The Morgan fingerprint density at radius 3 is 3.09 bits per heavy atom. The van der Waals surface area contributed by atoms with Gasteiger partial charge in [0.1, 0.15) is 8.52 Å². The lowest BCUT2D eigenvalue weighted by molar-refractivity contribution is 0.152. The molecule has 0 radical (unpaired) electrons. The Morgan fingerprint density at radius 2 is 2.45 bits per heavy atom. The molecule has 62 valence electrons. The van der Waals surface area contributed by atoms with Crippen molar-refractivity contribution in [3.8, 4) is 0 Å². The Labute approximate surface area is 69.7 Å². The third-order valence-electron chi connectivity index (χ3n) is 0.837. The van der Waals surface area contributed by atoms with Crippen LogP contribution >= 0.6 is 25.5 Å². The van der Waals surface area contributed by atoms with E-state index in [2.05, 4.69) is 13.9 Å². The largest absolute Gasteiger partial charge is 0.382 e. The first kappa shape index (κ1) is 9.60. The fourth-order valence-electron chi connectivity index (χ4n) is 0.414. The van der Waals surface area contributed by atoms with E-state index in [0.717, 1.165) is 17.0 Å². The van der Waals surface area contributed by atoms with Crippen molar-refractivity contribution in [3.05, 3.63) is 0 Å². The highest BCUT2D eigenvalue weighted by Crippen LogP contribution is 2.43. The van der Waals surface area contributed by atoms with E-state index in [0.29, 0.717) is 13.2 Å². The minimum atomic E-state index is -0.807. The molecular formula is C3H8N3O2P3. The van der Waals surface area contributed by atoms with E-state index in [9.17, 15) is 0 Å². The predicted molar refractivity (Wildman–Crippen MR) is 46.6 cm³/mol. The van der Waals surface area contributed by atoms with Crippen molar-refractivity contribution in [1.82, 2.24) is 4.86 Å². The zero-order valence-corrected chi connectivity index (χ0v) is 8.65. The quantitative estimate of drug-likeness (QED) is 0.574. The maximum absolute atomic E-state index is 5.31. The number of nitrogens with one attached hydrogen (secondary N) is 1. The van der Waals surface area contributed by atoms with Crippen LogP contribution in [0.1, 0.15) is 0 Å². The van der Waals surface area contributed by atoms with Crippen molar-refractivity contribution >= 4 is 25.5 Å². The van der Waals surface area contributed by atoms with Crippen molar-refractivity contribution < 1.29 is 9.26 Å². The van der Waals surface area contributed by atoms with Crippen LogP contribution in [0.25, 0.3) is 0 Å². The Balaban J connectivity index is 2.07. The average molecular weight is 211 g/mol. The van der Waals surface area contributed by atoms with E-state index in [1.807, 2.05) is 0 Å². The highest BCUT2D eigenvalue weighted by atomic mass is 31.2. The molecule has 0 bridgehead atoms. The predicted octanol–water partition coefficient (Wildman–Crippen LogP) is 2.57. The summed E-state index contributed by atoms with van der Waals surface area (Å²) in [4.78, 5) is 3.00. The first-order valence-corrected chi connectivity index (χ1v) is 5.77. The van der Waals surface area contributed by atoms with E-state index in [1.165, 1.54) is 0 Å². The molecule has 0 amide bonds. The summed E-state index contributed by atoms with van der Waals surface area (Å²) in [5.41, 5.74) is 0. The molecule has 5 nitrogen and oxygen atoms in total. The van der Waals surface area contributed by atoms with Crippen LogP contribution in [0.3, 0.4) is 0 Å². The lowest BCUT2D eigenvalue weighted by Crippen LogP contribution is -2.01. The molecule has 0 aliphatic carbocycles. The van der Waals surface area contributed by atoms with Crippen molar-refractivity contribution in [3.63, 3.8) is 0 Å². The van der Waals surface area contributed by atoms with Crippen molar-refractivity contribution in [2.24, 2.45) is 9.03 Å². The van der Waals surface area contributed by atoms with Crippen molar-refractivity contribution in [1.29, 1.82) is 0 Å². The number of nitrogens with zero attached hydrogens (tertiary/aromatic N) is 2. The molecule has 11 heavy (non-hydrogen) atoms. The zero-order chi connectivity index (χ0) is 7.94. The SMILES string of the molecule is COCCOP1N=PN=PN1. The van der Waals surface area contributed by atoms with Crippen LogP contribution in [0.4, 0.5) is 0 Å². The van der Waals surface area contributed by atoms with Gasteiger partial charge in [-0.3, -0.25) is 0 Å². The molecule has 1 N–H and O–H groups in total. The second-order valence-electron chi connectivity index (χ2n) is 1.57.